The zero-order valence-corrected chi connectivity index (χ0v) is 20.8. The number of nitrogens with one attached hydrogen (secondary N) is 3. The van der Waals surface area contributed by atoms with Crippen molar-refractivity contribution in [2.45, 2.75) is 39.3 Å². The normalized spacial score (nSPS) is 15.9. The molecule has 3 N–H and O–H groups in total. The van der Waals surface area contributed by atoms with Gasteiger partial charge in [-0.1, -0.05) is 37.3 Å². The van der Waals surface area contributed by atoms with Gasteiger partial charge in [0.2, 0.25) is 0 Å². The highest BCUT2D eigenvalue weighted by atomic mass is 127. The summed E-state index contributed by atoms with van der Waals surface area (Å²) in [4.78, 5) is 19.4. The third-order valence-corrected chi connectivity index (χ3v) is 5.14. The summed E-state index contributed by atoms with van der Waals surface area (Å²) in [5, 5.41) is 9.83. The summed E-state index contributed by atoms with van der Waals surface area (Å²) >= 11 is 0. The summed E-state index contributed by atoms with van der Waals surface area (Å²) < 4.78 is 0. The molecule has 1 unspecified atom stereocenters. The van der Waals surface area contributed by atoms with Crippen LogP contribution in [0, 0.1) is 0 Å². The first-order chi connectivity index (χ1) is 14.7. The van der Waals surface area contributed by atoms with Gasteiger partial charge in [0.1, 0.15) is 0 Å². The summed E-state index contributed by atoms with van der Waals surface area (Å²) in [5.74, 6) is 0.790. The first-order valence-electron chi connectivity index (χ1n) is 10.9. The number of halogens is 1. The molecule has 0 spiro atoms. The van der Waals surface area contributed by atoms with Gasteiger partial charge in [0.15, 0.2) is 5.96 Å². The number of rotatable bonds is 8. The van der Waals surface area contributed by atoms with Gasteiger partial charge in [-0.2, -0.15) is 0 Å². The van der Waals surface area contributed by atoms with Gasteiger partial charge in [0, 0.05) is 43.5 Å². The van der Waals surface area contributed by atoms with Gasteiger partial charge in [0.05, 0.1) is 6.54 Å². The van der Waals surface area contributed by atoms with Gasteiger partial charge in [-0.3, -0.25) is 4.79 Å². The van der Waals surface area contributed by atoms with Crippen molar-refractivity contribution >= 4 is 41.5 Å². The molecule has 1 fully saturated rings. The van der Waals surface area contributed by atoms with Crippen LogP contribution in [0.2, 0.25) is 0 Å². The molecule has 0 aliphatic carbocycles. The molecule has 168 valence electrons. The Morgan fingerprint density at radius 2 is 1.90 bits per heavy atom. The molecule has 6 nitrogen and oxygen atoms in total. The minimum absolute atomic E-state index is 0. The standard InChI is InChI=1S/C24H33N5O.HI/c1-3-14-26-23(30)20-10-8-9-19(16-20)17-27-24(25-4-2)28-21-13-15-29(18-21)22-11-6-5-7-12-22;/h5-12,16,21H,3-4,13-15,17-18H2,1-2H3,(H,26,30)(H2,25,27,28);1H. The van der Waals surface area contributed by atoms with Crippen LogP contribution in [-0.4, -0.2) is 44.1 Å². The Hall–Kier alpha value is -2.29. The molecule has 1 aliphatic rings. The van der Waals surface area contributed by atoms with Crippen molar-refractivity contribution in [1.29, 1.82) is 0 Å². The maximum absolute atomic E-state index is 12.2. The molecule has 1 atom stereocenters. The average molecular weight is 535 g/mol. The van der Waals surface area contributed by atoms with E-state index >= 15 is 0 Å². The van der Waals surface area contributed by atoms with Crippen LogP contribution in [0.1, 0.15) is 42.6 Å². The molecule has 0 bridgehead atoms. The van der Waals surface area contributed by atoms with E-state index in [0.717, 1.165) is 44.0 Å². The molecule has 2 aromatic carbocycles. The smallest absolute Gasteiger partial charge is 0.251 e. The highest BCUT2D eigenvalue weighted by Crippen LogP contribution is 2.19. The molecule has 0 radical (unpaired) electrons. The Morgan fingerprint density at radius 3 is 2.65 bits per heavy atom. The fourth-order valence-corrected chi connectivity index (χ4v) is 3.59. The molecule has 1 saturated heterocycles. The van der Waals surface area contributed by atoms with Crippen molar-refractivity contribution in [3.05, 3.63) is 65.7 Å². The summed E-state index contributed by atoms with van der Waals surface area (Å²) in [7, 11) is 0. The van der Waals surface area contributed by atoms with Gasteiger partial charge in [-0.25, -0.2) is 4.99 Å². The number of amides is 1. The molecule has 3 rings (SSSR count). The summed E-state index contributed by atoms with van der Waals surface area (Å²) in [6, 6.07) is 18.6. The average Bonchev–Trinajstić information content (AvgIpc) is 3.25. The third kappa shape index (κ3) is 7.72. The molecular formula is C24H34IN5O. The lowest BCUT2D eigenvalue weighted by molar-refractivity contribution is 0.0953. The largest absolute Gasteiger partial charge is 0.369 e. The molecular weight excluding hydrogens is 501 g/mol. The van der Waals surface area contributed by atoms with Crippen LogP contribution in [0.15, 0.2) is 59.6 Å². The van der Waals surface area contributed by atoms with Crippen LogP contribution in [-0.2, 0) is 6.54 Å². The van der Waals surface area contributed by atoms with E-state index in [-0.39, 0.29) is 29.9 Å². The van der Waals surface area contributed by atoms with Crippen LogP contribution in [0.25, 0.3) is 0 Å². The topological polar surface area (TPSA) is 68.8 Å². The van der Waals surface area contributed by atoms with Crippen LogP contribution in [0.4, 0.5) is 5.69 Å². The predicted molar refractivity (Wildman–Crippen MR) is 139 cm³/mol. The first-order valence-corrected chi connectivity index (χ1v) is 10.9. The fourth-order valence-electron chi connectivity index (χ4n) is 3.59. The second-order valence-electron chi connectivity index (χ2n) is 7.56. The Bertz CT molecular complexity index is 843. The molecule has 0 saturated carbocycles. The number of hydrogen-bond donors (Lipinski definition) is 3. The molecule has 2 aromatic rings. The van der Waals surface area contributed by atoms with Crippen LogP contribution >= 0.6 is 24.0 Å². The molecule has 1 aliphatic heterocycles. The number of aliphatic imine (C=N–C) groups is 1. The van der Waals surface area contributed by atoms with E-state index < -0.39 is 0 Å². The van der Waals surface area contributed by atoms with Gasteiger partial charge >= 0.3 is 0 Å². The lowest BCUT2D eigenvalue weighted by atomic mass is 10.1. The lowest BCUT2D eigenvalue weighted by Gasteiger charge is -2.20. The number of hydrogen-bond acceptors (Lipinski definition) is 3. The maximum atomic E-state index is 12.2. The van der Waals surface area contributed by atoms with E-state index in [1.165, 1.54) is 5.69 Å². The summed E-state index contributed by atoms with van der Waals surface area (Å²) in [6.45, 7) is 8.14. The maximum Gasteiger partial charge on any atom is 0.251 e. The van der Waals surface area contributed by atoms with Gasteiger partial charge < -0.3 is 20.9 Å². The van der Waals surface area contributed by atoms with E-state index in [2.05, 4.69) is 52.0 Å². The number of nitrogens with zero attached hydrogens (tertiary/aromatic N) is 2. The second-order valence-corrected chi connectivity index (χ2v) is 7.56. The summed E-state index contributed by atoms with van der Waals surface area (Å²) in [6.07, 6.45) is 2.00. The number of anilines is 1. The van der Waals surface area contributed by atoms with Crippen molar-refractivity contribution in [2.75, 3.05) is 31.1 Å². The molecule has 31 heavy (non-hydrogen) atoms. The van der Waals surface area contributed by atoms with Crippen molar-refractivity contribution in [1.82, 2.24) is 16.0 Å². The minimum Gasteiger partial charge on any atom is -0.369 e. The van der Waals surface area contributed by atoms with Gasteiger partial charge in [-0.05, 0) is 49.6 Å². The highest BCUT2D eigenvalue weighted by molar-refractivity contribution is 14.0. The van der Waals surface area contributed by atoms with E-state index in [1.807, 2.05) is 37.3 Å². The zero-order valence-electron chi connectivity index (χ0n) is 18.4. The van der Waals surface area contributed by atoms with Crippen LogP contribution < -0.4 is 20.9 Å². The van der Waals surface area contributed by atoms with E-state index in [9.17, 15) is 4.79 Å². The Morgan fingerprint density at radius 1 is 1.10 bits per heavy atom. The predicted octanol–water partition coefficient (Wildman–Crippen LogP) is 3.78. The SMILES string of the molecule is CCCNC(=O)c1cccc(CN=C(NCC)NC2CCN(c3ccccc3)C2)c1.I. The molecule has 1 amide bonds. The number of para-hydroxylation sites is 1. The third-order valence-electron chi connectivity index (χ3n) is 5.14. The first kappa shape index (κ1) is 25.0. The lowest BCUT2D eigenvalue weighted by Crippen LogP contribution is -2.44. The molecule has 7 heteroatoms. The Kier molecular flexibility index (Phi) is 10.6. The highest BCUT2D eigenvalue weighted by Gasteiger charge is 2.23. The van der Waals surface area contributed by atoms with Crippen molar-refractivity contribution in [2.24, 2.45) is 4.99 Å². The van der Waals surface area contributed by atoms with Crippen molar-refractivity contribution < 1.29 is 4.79 Å². The quantitative estimate of drug-likeness (QED) is 0.274. The van der Waals surface area contributed by atoms with Crippen molar-refractivity contribution in [3.8, 4) is 0 Å². The Balaban J connectivity index is 0.00000341. The van der Waals surface area contributed by atoms with E-state index in [0.29, 0.717) is 24.7 Å². The van der Waals surface area contributed by atoms with E-state index in [4.69, 9.17) is 4.99 Å². The molecule has 1 heterocycles. The number of carbonyl (C=O) groups excluding carboxylic acids is 1. The number of carbonyl (C=O) groups is 1. The van der Waals surface area contributed by atoms with Gasteiger partial charge in [0.25, 0.3) is 5.91 Å². The summed E-state index contributed by atoms with van der Waals surface area (Å²) in [5.41, 5.74) is 2.97. The number of guanidine groups is 1. The monoisotopic (exact) mass is 535 g/mol. The van der Waals surface area contributed by atoms with E-state index in [1.54, 1.807) is 0 Å². The second kappa shape index (κ2) is 13.2. The molecule has 0 aromatic heterocycles. The Labute approximate surface area is 202 Å². The van der Waals surface area contributed by atoms with Gasteiger partial charge in [-0.15, -0.1) is 24.0 Å². The van der Waals surface area contributed by atoms with Crippen LogP contribution in [0.3, 0.4) is 0 Å². The van der Waals surface area contributed by atoms with Crippen molar-refractivity contribution in [3.63, 3.8) is 0 Å². The van der Waals surface area contributed by atoms with Crippen LogP contribution in [0.5, 0.6) is 0 Å². The number of benzene rings is 2. The zero-order chi connectivity index (χ0) is 21.2. The minimum atomic E-state index is -0.0281. The fraction of sp³-hybridized carbons (Fsp3) is 0.417.